The fourth-order valence-corrected chi connectivity index (χ4v) is 3.69. The Morgan fingerprint density at radius 1 is 1.18 bits per heavy atom. The molecule has 1 N–H and O–H groups in total. The summed E-state index contributed by atoms with van der Waals surface area (Å²) >= 11 is 3.47. The summed E-state index contributed by atoms with van der Waals surface area (Å²) in [6.07, 6.45) is 0. The maximum atomic E-state index is 12.8. The van der Waals surface area contributed by atoms with Crippen LogP contribution in [-0.2, 0) is 11.3 Å². The van der Waals surface area contributed by atoms with Crippen molar-refractivity contribution >= 4 is 21.8 Å². The van der Waals surface area contributed by atoms with Gasteiger partial charge in [0.05, 0.1) is 18.8 Å². The molecule has 0 spiro atoms. The number of benzene rings is 2. The van der Waals surface area contributed by atoms with Crippen LogP contribution in [0.4, 0.5) is 0 Å². The molecule has 1 fully saturated rings. The molecule has 5 nitrogen and oxygen atoms in total. The molecular weight excluding hydrogens is 420 g/mol. The van der Waals surface area contributed by atoms with E-state index in [9.17, 15) is 4.79 Å². The Morgan fingerprint density at radius 3 is 2.68 bits per heavy atom. The molecule has 2 aromatic carbocycles. The van der Waals surface area contributed by atoms with Gasteiger partial charge in [0.1, 0.15) is 12.4 Å². The number of nitrogens with zero attached hydrogens (tertiary/aromatic N) is 1. The van der Waals surface area contributed by atoms with Crippen molar-refractivity contribution in [2.75, 3.05) is 32.8 Å². The second-order valence-corrected chi connectivity index (χ2v) is 8.42. The van der Waals surface area contributed by atoms with E-state index in [-0.39, 0.29) is 11.4 Å². The first-order valence-corrected chi connectivity index (χ1v) is 10.3. The van der Waals surface area contributed by atoms with Gasteiger partial charge in [-0.3, -0.25) is 9.69 Å². The van der Waals surface area contributed by atoms with E-state index in [1.807, 2.05) is 42.5 Å². The summed E-state index contributed by atoms with van der Waals surface area (Å²) in [6.45, 7) is 8.51. The molecule has 6 heteroatoms. The van der Waals surface area contributed by atoms with E-state index in [1.165, 1.54) is 0 Å². The van der Waals surface area contributed by atoms with Gasteiger partial charge in [0.25, 0.3) is 5.91 Å². The molecule has 0 aromatic heterocycles. The Labute approximate surface area is 175 Å². The van der Waals surface area contributed by atoms with Gasteiger partial charge in [-0.05, 0) is 43.7 Å². The fourth-order valence-electron chi connectivity index (χ4n) is 3.24. The number of halogens is 1. The molecular formula is C22H27BrN2O3. The van der Waals surface area contributed by atoms with Crippen molar-refractivity contribution in [1.82, 2.24) is 10.2 Å². The molecule has 150 valence electrons. The van der Waals surface area contributed by atoms with Gasteiger partial charge < -0.3 is 14.8 Å². The molecule has 28 heavy (non-hydrogen) atoms. The number of rotatable bonds is 7. The van der Waals surface area contributed by atoms with Crippen LogP contribution in [0.1, 0.15) is 29.8 Å². The summed E-state index contributed by atoms with van der Waals surface area (Å²) < 4.78 is 12.4. The Kier molecular flexibility index (Phi) is 7.10. The lowest BCUT2D eigenvalue weighted by Gasteiger charge is -2.40. The number of para-hydroxylation sites is 1. The SMILES string of the molecule is CC(C)(CNC(=O)c1ccccc1OCc1cccc(Br)c1)N1CCOCC1. The predicted molar refractivity (Wildman–Crippen MR) is 114 cm³/mol. The third-order valence-electron chi connectivity index (χ3n) is 4.96. The lowest BCUT2D eigenvalue weighted by Crippen LogP contribution is -2.55. The van der Waals surface area contributed by atoms with Crippen LogP contribution in [0, 0.1) is 0 Å². The summed E-state index contributed by atoms with van der Waals surface area (Å²) in [5.74, 6) is 0.468. The normalized spacial score (nSPS) is 15.2. The van der Waals surface area contributed by atoms with Crippen LogP contribution < -0.4 is 10.1 Å². The maximum Gasteiger partial charge on any atom is 0.255 e. The molecule has 2 aromatic rings. The van der Waals surface area contributed by atoms with E-state index in [0.717, 1.165) is 36.3 Å². The van der Waals surface area contributed by atoms with E-state index >= 15 is 0 Å². The Balaban J connectivity index is 1.62. The van der Waals surface area contributed by atoms with Crippen LogP contribution in [0.5, 0.6) is 5.75 Å². The van der Waals surface area contributed by atoms with E-state index < -0.39 is 0 Å². The third-order valence-corrected chi connectivity index (χ3v) is 5.46. The quantitative estimate of drug-likeness (QED) is 0.701. The van der Waals surface area contributed by atoms with Crippen molar-refractivity contribution in [3.05, 3.63) is 64.1 Å². The molecule has 1 amide bonds. The van der Waals surface area contributed by atoms with Crippen molar-refractivity contribution < 1.29 is 14.3 Å². The number of hydrogen-bond donors (Lipinski definition) is 1. The lowest BCUT2D eigenvalue weighted by molar-refractivity contribution is -0.00924. The number of carbonyl (C=O) groups excluding carboxylic acids is 1. The molecule has 3 rings (SSSR count). The van der Waals surface area contributed by atoms with Crippen LogP contribution in [0.15, 0.2) is 53.0 Å². The van der Waals surface area contributed by atoms with Crippen molar-refractivity contribution in [2.24, 2.45) is 0 Å². The van der Waals surface area contributed by atoms with E-state index in [2.05, 4.69) is 40.0 Å². The van der Waals surface area contributed by atoms with Gasteiger partial charge in [0.15, 0.2) is 0 Å². The molecule has 1 aliphatic heterocycles. The minimum atomic E-state index is -0.133. The van der Waals surface area contributed by atoms with E-state index in [0.29, 0.717) is 24.5 Å². The summed E-state index contributed by atoms with van der Waals surface area (Å²) in [5, 5.41) is 3.08. The Morgan fingerprint density at radius 2 is 1.93 bits per heavy atom. The highest BCUT2D eigenvalue weighted by Gasteiger charge is 2.29. The monoisotopic (exact) mass is 446 g/mol. The van der Waals surface area contributed by atoms with Gasteiger partial charge in [0, 0.05) is 29.6 Å². The van der Waals surface area contributed by atoms with Crippen LogP contribution >= 0.6 is 15.9 Å². The second kappa shape index (κ2) is 9.54. The van der Waals surface area contributed by atoms with Crippen molar-refractivity contribution in [3.63, 3.8) is 0 Å². The van der Waals surface area contributed by atoms with Gasteiger partial charge in [-0.2, -0.15) is 0 Å². The van der Waals surface area contributed by atoms with Gasteiger partial charge in [-0.15, -0.1) is 0 Å². The zero-order valence-electron chi connectivity index (χ0n) is 16.4. The average molecular weight is 447 g/mol. The third kappa shape index (κ3) is 5.56. The zero-order chi connectivity index (χ0) is 20.0. The maximum absolute atomic E-state index is 12.8. The molecule has 0 bridgehead atoms. The number of morpholine rings is 1. The highest BCUT2D eigenvalue weighted by molar-refractivity contribution is 9.10. The molecule has 0 unspecified atom stereocenters. The van der Waals surface area contributed by atoms with Gasteiger partial charge in [0.2, 0.25) is 0 Å². The van der Waals surface area contributed by atoms with Crippen molar-refractivity contribution in [2.45, 2.75) is 26.0 Å². The smallest absolute Gasteiger partial charge is 0.255 e. The van der Waals surface area contributed by atoms with Crippen LogP contribution in [0.2, 0.25) is 0 Å². The van der Waals surface area contributed by atoms with Crippen LogP contribution in [-0.4, -0.2) is 49.2 Å². The van der Waals surface area contributed by atoms with Gasteiger partial charge in [-0.1, -0.05) is 40.2 Å². The zero-order valence-corrected chi connectivity index (χ0v) is 18.0. The molecule has 1 saturated heterocycles. The van der Waals surface area contributed by atoms with Crippen LogP contribution in [0.3, 0.4) is 0 Å². The minimum absolute atomic E-state index is 0.119. The Hall–Kier alpha value is -1.89. The Bertz CT molecular complexity index is 804. The van der Waals surface area contributed by atoms with Crippen molar-refractivity contribution in [3.8, 4) is 5.75 Å². The number of carbonyl (C=O) groups is 1. The highest BCUT2D eigenvalue weighted by Crippen LogP contribution is 2.21. The summed E-state index contributed by atoms with van der Waals surface area (Å²) in [4.78, 5) is 15.2. The molecule has 0 aliphatic carbocycles. The first-order chi connectivity index (χ1) is 13.5. The summed E-state index contributed by atoms with van der Waals surface area (Å²) in [5.41, 5.74) is 1.46. The second-order valence-electron chi connectivity index (χ2n) is 7.51. The summed E-state index contributed by atoms with van der Waals surface area (Å²) in [7, 11) is 0. The first kappa shape index (κ1) is 20.8. The number of nitrogens with one attached hydrogen (secondary N) is 1. The topological polar surface area (TPSA) is 50.8 Å². The molecule has 0 saturated carbocycles. The highest BCUT2D eigenvalue weighted by atomic mass is 79.9. The van der Waals surface area contributed by atoms with Crippen LogP contribution in [0.25, 0.3) is 0 Å². The summed E-state index contributed by atoms with van der Waals surface area (Å²) in [6, 6.07) is 15.3. The van der Waals surface area contributed by atoms with E-state index in [4.69, 9.17) is 9.47 Å². The number of hydrogen-bond acceptors (Lipinski definition) is 4. The minimum Gasteiger partial charge on any atom is -0.488 e. The average Bonchev–Trinajstić information content (AvgIpc) is 2.71. The first-order valence-electron chi connectivity index (χ1n) is 9.53. The molecule has 1 aliphatic rings. The number of amides is 1. The largest absolute Gasteiger partial charge is 0.488 e. The fraction of sp³-hybridized carbons (Fsp3) is 0.409. The molecule has 1 heterocycles. The standard InChI is InChI=1S/C22H27BrN2O3/c1-22(2,25-10-12-27-13-11-25)16-24-21(26)19-8-3-4-9-20(19)28-15-17-6-5-7-18(23)14-17/h3-9,14H,10-13,15-16H2,1-2H3,(H,24,26). The predicted octanol–water partition coefficient (Wildman–Crippen LogP) is 3.87. The van der Waals surface area contributed by atoms with Crippen molar-refractivity contribution in [1.29, 1.82) is 0 Å². The lowest BCUT2D eigenvalue weighted by atomic mass is 10.0. The molecule has 0 radical (unpaired) electrons. The number of ether oxygens (including phenoxy) is 2. The van der Waals surface area contributed by atoms with E-state index in [1.54, 1.807) is 6.07 Å². The van der Waals surface area contributed by atoms with Gasteiger partial charge in [-0.25, -0.2) is 0 Å². The molecule has 0 atom stereocenters. The van der Waals surface area contributed by atoms with Gasteiger partial charge >= 0.3 is 0 Å².